The number of carbonyl (C=O) groups is 1. The first-order valence-corrected chi connectivity index (χ1v) is 12.1. The maximum Gasteiger partial charge on any atom is 0.235 e. The number of likely N-dealkylation sites (tertiary alicyclic amines) is 1. The molecule has 2 aliphatic rings. The molecule has 1 N–H and O–H groups in total. The van der Waals surface area contributed by atoms with Crippen LogP contribution in [0, 0.1) is 11.7 Å². The van der Waals surface area contributed by atoms with E-state index in [-0.39, 0.29) is 11.7 Å². The highest BCUT2D eigenvalue weighted by molar-refractivity contribution is 5.99. The first kappa shape index (κ1) is 22.8. The summed E-state index contributed by atoms with van der Waals surface area (Å²) in [6.07, 6.45) is 7.27. The molecule has 1 saturated carbocycles. The summed E-state index contributed by atoms with van der Waals surface area (Å²) in [6.45, 7) is 6.53. The first-order valence-electron chi connectivity index (χ1n) is 12.1. The molecule has 1 heterocycles. The Bertz CT molecular complexity index is 876. The molecule has 1 aliphatic carbocycles. The predicted octanol–water partition coefficient (Wildman–Crippen LogP) is 5.78. The normalized spacial score (nSPS) is 20.8. The van der Waals surface area contributed by atoms with E-state index in [0.717, 1.165) is 61.6 Å². The summed E-state index contributed by atoms with van der Waals surface area (Å²) in [6, 6.07) is 14.0. The number of rotatable bonds is 8. The van der Waals surface area contributed by atoms with Crippen molar-refractivity contribution in [3.63, 3.8) is 0 Å². The van der Waals surface area contributed by atoms with E-state index < -0.39 is 5.41 Å². The van der Waals surface area contributed by atoms with Gasteiger partial charge in [-0.25, -0.2) is 4.39 Å². The van der Waals surface area contributed by atoms with Gasteiger partial charge in [0.05, 0.1) is 12.0 Å². The second kappa shape index (κ2) is 10.5. The molecule has 1 saturated heterocycles. The smallest absolute Gasteiger partial charge is 0.235 e. The molecule has 0 radical (unpaired) electrons. The molecule has 0 aromatic heterocycles. The molecule has 1 amide bonds. The fourth-order valence-corrected chi connectivity index (χ4v) is 5.25. The van der Waals surface area contributed by atoms with Crippen LogP contribution in [0.25, 0.3) is 0 Å². The second-order valence-electron chi connectivity index (χ2n) is 9.52. The Kier molecular flexibility index (Phi) is 7.46. The number of nitrogens with zero attached hydrogens (tertiary/aromatic N) is 1. The van der Waals surface area contributed by atoms with Gasteiger partial charge in [-0.05, 0) is 86.5 Å². The fraction of sp³-hybridized carbons (Fsp3) is 0.519. The molecule has 2 fully saturated rings. The number of piperidine rings is 1. The number of anilines is 1. The maximum atomic E-state index is 13.4. The summed E-state index contributed by atoms with van der Waals surface area (Å²) in [4.78, 5) is 15.8. The summed E-state index contributed by atoms with van der Waals surface area (Å²) >= 11 is 0. The summed E-state index contributed by atoms with van der Waals surface area (Å²) in [7, 11) is 0. The summed E-state index contributed by atoms with van der Waals surface area (Å²) in [5, 5.41) is 3.08. The number of hydrogen-bond donors (Lipinski definition) is 1. The number of hydrogen-bond acceptors (Lipinski definition) is 3. The lowest BCUT2D eigenvalue weighted by Gasteiger charge is -2.30. The molecule has 4 rings (SSSR count). The van der Waals surface area contributed by atoms with E-state index in [1.54, 1.807) is 12.1 Å². The summed E-state index contributed by atoms with van der Waals surface area (Å²) in [5.41, 5.74) is 1.09. The third kappa shape index (κ3) is 5.50. The Balaban J connectivity index is 1.29. The molecule has 5 heteroatoms. The Morgan fingerprint density at radius 3 is 2.50 bits per heavy atom. The Morgan fingerprint density at radius 2 is 1.81 bits per heavy atom. The van der Waals surface area contributed by atoms with Gasteiger partial charge in [0.25, 0.3) is 0 Å². The number of nitrogens with one attached hydrogen (secondary N) is 1. The highest BCUT2D eigenvalue weighted by Crippen LogP contribution is 2.42. The van der Waals surface area contributed by atoms with Crippen LogP contribution in [0.4, 0.5) is 10.1 Å². The zero-order valence-electron chi connectivity index (χ0n) is 19.1. The van der Waals surface area contributed by atoms with Crippen LogP contribution in [-0.2, 0) is 10.2 Å². The van der Waals surface area contributed by atoms with Crippen LogP contribution >= 0.6 is 0 Å². The maximum absolute atomic E-state index is 13.4. The van der Waals surface area contributed by atoms with E-state index in [1.165, 1.54) is 38.1 Å². The number of halogens is 1. The number of carbonyl (C=O) groups excluding carboxylic acids is 1. The van der Waals surface area contributed by atoms with Crippen LogP contribution in [0.5, 0.6) is 5.75 Å². The van der Waals surface area contributed by atoms with Gasteiger partial charge in [0.1, 0.15) is 11.6 Å². The van der Waals surface area contributed by atoms with E-state index in [1.807, 2.05) is 24.3 Å². The molecule has 4 nitrogen and oxygen atoms in total. The molecule has 0 spiro atoms. The lowest BCUT2D eigenvalue weighted by molar-refractivity contribution is -0.121. The molecule has 0 unspecified atom stereocenters. The quantitative estimate of drug-likeness (QED) is 0.532. The summed E-state index contributed by atoms with van der Waals surface area (Å²) in [5.74, 6) is 1.34. The summed E-state index contributed by atoms with van der Waals surface area (Å²) < 4.78 is 19.3. The highest BCUT2D eigenvalue weighted by Gasteiger charge is 2.42. The Hall–Kier alpha value is -2.40. The van der Waals surface area contributed by atoms with E-state index >= 15 is 0 Å². The Labute approximate surface area is 191 Å². The molecule has 32 heavy (non-hydrogen) atoms. The third-order valence-corrected chi connectivity index (χ3v) is 7.03. The van der Waals surface area contributed by atoms with Crippen molar-refractivity contribution in [3.05, 3.63) is 59.9 Å². The molecule has 1 atom stereocenters. The first-order chi connectivity index (χ1) is 15.5. The van der Waals surface area contributed by atoms with Crippen molar-refractivity contribution in [2.24, 2.45) is 5.92 Å². The van der Waals surface area contributed by atoms with Gasteiger partial charge in [-0.3, -0.25) is 4.79 Å². The minimum Gasteiger partial charge on any atom is -0.494 e. The lowest BCUT2D eigenvalue weighted by atomic mass is 9.78. The van der Waals surface area contributed by atoms with Gasteiger partial charge >= 0.3 is 0 Å². The van der Waals surface area contributed by atoms with E-state index in [0.29, 0.717) is 6.61 Å². The SMILES string of the molecule is C[C@H]1CCCN(CCCOc2ccc(NC(=O)C3(c4ccc(F)cc4)CCCC3)cc2)C1. The minimum atomic E-state index is -0.575. The predicted molar refractivity (Wildman–Crippen MR) is 127 cm³/mol. The molecular formula is C27H35FN2O2. The van der Waals surface area contributed by atoms with Crippen molar-refractivity contribution in [3.8, 4) is 5.75 Å². The van der Waals surface area contributed by atoms with Gasteiger partial charge < -0.3 is 15.0 Å². The van der Waals surface area contributed by atoms with Gasteiger partial charge in [0, 0.05) is 18.8 Å². The Morgan fingerprint density at radius 1 is 1.09 bits per heavy atom. The van der Waals surface area contributed by atoms with Gasteiger partial charge in [0.2, 0.25) is 5.91 Å². The lowest BCUT2D eigenvalue weighted by Crippen LogP contribution is -2.38. The van der Waals surface area contributed by atoms with E-state index in [9.17, 15) is 9.18 Å². The number of benzene rings is 2. The van der Waals surface area contributed by atoms with Gasteiger partial charge in [0.15, 0.2) is 0 Å². The standard InChI is InChI=1S/C27H35FN2O2/c1-21-6-4-17-30(20-21)18-5-19-32-25-13-11-24(12-14-25)29-26(31)27(15-2-3-16-27)22-7-9-23(28)10-8-22/h7-14,21H,2-6,15-20H2,1H3,(H,29,31)/t21-/m0/s1. The van der Waals surface area contributed by atoms with Crippen molar-refractivity contribution < 1.29 is 13.9 Å². The van der Waals surface area contributed by atoms with Gasteiger partial charge in [-0.2, -0.15) is 0 Å². The van der Waals surface area contributed by atoms with Crippen LogP contribution in [0.15, 0.2) is 48.5 Å². The van der Waals surface area contributed by atoms with Crippen LogP contribution < -0.4 is 10.1 Å². The van der Waals surface area contributed by atoms with E-state index in [2.05, 4.69) is 17.1 Å². The minimum absolute atomic E-state index is 0.00830. The number of amides is 1. The largest absolute Gasteiger partial charge is 0.494 e. The molecular weight excluding hydrogens is 403 g/mol. The number of ether oxygens (including phenoxy) is 1. The topological polar surface area (TPSA) is 41.6 Å². The van der Waals surface area contributed by atoms with Crippen molar-refractivity contribution in [1.29, 1.82) is 0 Å². The van der Waals surface area contributed by atoms with Crippen molar-refractivity contribution >= 4 is 11.6 Å². The zero-order valence-corrected chi connectivity index (χ0v) is 19.1. The van der Waals surface area contributed by atoms with Crippen molar-refractivity contribution in [2.45, 2.75) is 57.3 Å². The van der Waals surface area contributed by atoms with Crippen LogP contribution in [0.1, 0.15) is 57.4 Å². The average Bonchev–Trinajstić information content (AvgIpc) is 3.30. The van der Waals surface area contributed by atoms with Crippen LogP contribution in [0.2, 0.25) is 0 Å². The zero-order chi connectivity index (χ0) is 22.4. The van der Waals surface area contributed by atoms with Gasteiger partial charge in [-0.15, -0.1) is 0 Å². The van der Waals surface area contributed by atoms with Crippen molar-refractivity contribution in [2.75, 3.05) is 31.6 Å². The van der Waals surface area contributed by atoms with E-state index in [4.69, 9.17) is 4.74 Å². The fourth-order valence-electron chi connectivity index (χ4n) is 5.25. The average molecular weight is 439 g/mol. The monoisotopic (exact) mass is 438 g/mol. The molecule has 1 aliphatic heterocycles. The second-order valence-corrected chi connectivity index (χ2v) is 9.52. The van der Waals surface area contributed by atoms with Crippen molar-refractivity contribution in [1.82, 2.24) is 4.90 Å². The van der Waals surface area contributed by atoms with Gasteiger partial charge in [-0.1, -0.05) is 31.9 Å². The molecule has 172 valence electrons. The third-order valence-electron chi connectivity index (χ3n) is 7.03. The van der Waals surface area contributed by atoms with Crippen LogP contribution in [-0.4, -0.2) is 37.0 Å². The molecule has 0 bridgehead atoms. The van der Waals surface area contributed by atoms with Crippen LogP contribution in [0.3, 0.4) is 0 Å². The molecule has 2 aromatic rings. The molecule has 2 aromatic carbocycles. The highest BCUT2D eigenvalue weighted by atomic mass is 19.1.